The van der Waals surface area contributed by atoms with Crippen molar-refractivity contribution >= 4 is 0 Å². The van der Waals surface area contributed by atoms with Gasteiger partial charge >= 0.3 is 0 Å². The molecule has 0 saturated heterocycles. The van der Waals surface area contributed by atoms with E-state index in [4.69, 9.17) is 4.74 Å². The summed E-state index contributed by atoms with van der Waals surface area (Å²) in [5, 5.41) is 3.20. The molecule has 0 amide bonds. The summed E-state index contributed by atoms with van der Waals surface area (Å²) in [5.74, 6) is 0.0941. The van der Waals surface area contributed by atoms with Crippen molar-refractivity contribution in [3.8, 4) is 5.75 Å². The van der Waals surface area contributed by atoms with Gasteiger partial charge in [-0.05, 0) is 31.0 Å². The number of para-hydroxylation sites is 1. The van der Waals surface area contributed by atoms with Gasteiger partial charge in [0.25, 0.3) is 0 Å². The molecule has 0 radical (unpaired) electrons. The van der Waals surface area contributed by atoms with Crippen LogP contribution in [-0.4, -0.2) is 13.2 Å². The Balaban J connectivity index is 1.87. The molecule has 0 spiro atoms. The standard InChI is InChI=1S/C18H22FNO/c1-2-20-14-16-11-6-12-17(19)18(16)21-13-7-10-15-8-4-3-5-9-15/h3-6,8-9,11-12,20H,2,7,10,13-14H2,1H3. The fourth-order valence-electron chi connectivity index (χ4n) is 2.21. The molecule has 0 saturated carbocycles. The molecule has 1 N–H and O–H groups in total. The van der Waals surface area contributed by atoms with Crippen molar-refractivity contribution in [3.63, 3.8) is 0 Å². The Morgan fingerprint density at radius 2 is 1.86 bits per heavy atom. The first-order valence-electron chi connectivity index (χ1n) is 7.46. The van der Waals surface area contributed by atoms with Crippen molar-refractivity contribution in [2.45, 2.75) is 26.3 Å². The average Bonchev–Trinajstić information content (AvgIpc) is 2.52. The van der Waals surface area contributed by atoms with Crippen LogP contribution in [0.3, 0.4) is 0 Å². The van der Waals surface area contributed by atoms with Crippen LogP contribution in [0.25, 0.3) is 0 Å². The van der Waals surface area contributed by atoms with E-state index in [1.54, 1.807) is 6.07 Å². The van der Waals surface area contributed by atoms with Crippen molar-refractivity contribution in [3.05, 3.63) is 65.5 Å². The van der Waals surface area contributed by atoms with Crippen LogP contribution in [0.1, 0.15) is 24.5 Å². The monoisotopic (exact) mass is 287 g/mol. The van der Waals surface area contributed by atoms with Gasteiger partial charge in [0.15, 0.2) is 11.6 Å². The molecule has 2 aromatic rings. The third-order valence-electron chi connectivity index (χ3n) is 3.31. The molecule has 0 unspecified atom stereocenters. The van der Waals surface area contributed by atoms with E-state index in [9.17, 15) is 4.39 Å². The molecule has 0 aliphatic heterocycles. The van der Waals surface area contributed by atoms with Crippen LogP contribution >= 0.6 is 0 Å². The van der Waals surface area contributed by atoms with Crippen LogP contribution in [0.15, 0.2) is 48.5 Å². The first-order valence-corrected chi connectivity index (χ1v) is 7.46. The van der Waals surface area contributed by atoms with Gasteiger partial charge in [0.2, 0.25) is 0 Å². The number of hydrogen-bond donors (Lipinski definition) is 1. The van der Waals surface area contributed by atoms with Crippen molar-refractivity contribution in [2.75, 3.05) is 13.2 Å². The molecule has 21 heavy (non-hydrogen) atoms. The molecular formula is C18H22FNO. The SMILES string of the molecule is CCNCc1cccc(F)c1OCCCc1ccccc1. The lowest BCUT2D eigenvalue weighted by molar-refractivity contribution is 0.291. The van der Waals surface area contributed by atoms with Crippen LogP contribution in [0.5, 0.6) is 5.75 Å². The van der Waals surface area contributed by atoms with E-state index in [-0.39, 0.29) is 5.82 Å². The first-order chi connectivity index (χ1) is 10.3. The fourth-order valence-corrected chi connectivity index (χ4v) is 2.21. The molecule has 0 bridgehead atoms. The van der Waals surface area contributed by atoms with Gasteiger partial charge in [-0.25, -0.2) is 4.39 Å². The summed E-state index contributed by atoms with van der Waals surface area (Å²) in [5.41, 5.74) is 2.15. The summed E-state index contributed by atoms with van der Waals surface area (Å²) < 4.78 is 19.5. The van der Waals surface area contributed by atoms with Crippen LogP contribution in [0.4, 0.5) is 4.39 Å². The summed E-state index contributed by atoms with van der Waals surface area (Å²) >= 11 is 0. The summed E-state index contributed by atoms with van der Waals surface area (Å²) in [6.07, 6.45) is 1.82. The number of aryl methyl sites for hydroxylation is 1. The van der Waals surface area contributed by atoms with Crippen LogP contribution in [-0.2, 0) is 13.0 Å². The summed E-state index contributed by atoms with van der Waals surface area (Å²) in [4.78, 5) is 0. The molecule has 0 aliphatic carbocycles. The van der Waals surface area contributed by atoms with Gasteiger partial charge in [0, 0.05) is 12.1 Å². The van der Waals surface area contributed by atoms with Crippen molar-refractivity contribution in [2.24, 2.45) is 0 Å². The van der Waals surface area contributed by atoms with E-state index in [0.717, 1.165) is 24.9 Å². The minimum absolute atomic E-state index is 0.287. The predicted molar refractivity (Wildman–Crippen MR) is 84.0 cm³/mol. The topological polar surface area (TPSA) is 21.3 Å². The number of nitrogens with one attached hydrogen (secondary N) is 1. The van der Waals surface area contributed by atoms with E-state index >= 15 is 0 Å². The molecule has 0 fully saturated rings. The van der Waals surface area contributed by atoms with E-state index in [2.05, 4.69) is 17.4 Å². The lowest BCUT2D eigenvalue weighted by atomic mass is 10.1. The first kappa shape index (κ1) is 15.5. The van der Waals surface area contributed by atoms with Gasteiger partial charge in [0.1, 0.15) is 0 Å². The van der Waals surface area contributed by atoms with E-state index < -0.39 is 0 Å². The highest BCUT2D eigenvalue weighted by Crippen LogP contribution is 2.23. The number of ether oxygens (including phenoxy) is 1. The van der Waals surface area contributed by atoms with Crippen molar-refractivity contribution < 1.29 is 9.13 Å². The minimum Gasteiger partial charge on any atom is -0.490 e. The highest BCUT2D eigenvalue weighted by atomic mass is 19.1. The van der Waals surface area contributed by atoms with E-state index in [1.807, 2.05) is 31.2 Å². The zero-order chi connectivity index (χ0) is 14.9. The lowest BCUT2D eigenvalue weighted by Gasteiger charge is -2.12. The zero-order valence-electron chi connectivity index (χ0n) is 12.4. The van der Waals surface area contributed by atoms with Crippen molar-refractivity contribution in [1.82, 2.24) is 5.32 Å². The molecule has 0 atom stereocenters. The maximum atomic E-state index is 13.9. The molecule has 2 rings (SSSR count). The van der Waals surface area contributed by atoms with E-state index in [0.29, 0.717) is 18.9 Å². The number of hydrogen-bond acceptors (Lipinski definition) is 2. The number of benzene rings is 2. The quantitative estimate of drug-likeness (QED) is 0.742. The Labute approximate surface area is 126 Å². The van der Waals surface area contributed by atoms with E-state index in [1.165, 1.54) is 11.6 Å². The summed E-state index contributed by atoms with van der Waals surface area (Å²) in [7, 11) is 0. The molecule has 0 aliphatic rings. The predicted octanol–water partition coefficient (Wildman–Crippen LogP) is 3.95. The second-order valence-corrected chi connectivity index (χ2v) is 4.95. The smallest absolute Gasteiger partial charge is 0.165 e. The third-order valence-corrected chi connectivity index (χ3v) is 3.31. The molecule has 3 heteroatoms. The number of halogens is 1. The molecule has 0 heterocycles. The largest absolute Gasteiger partial charge is 0.490 e. The fraction of sp³-hybridized carbons (Fsp3) is 0.333. The highest BCUT2D eigenvalue weighted by Gasteiger charge is 2.09. The van der Waals surface area contributed by atoms with Gasteiger partial charge in [-0.1, -0.05) is 49.4 Å². The van der Waals surface area contributed by atoms with Crippen LogP contribution in [0.2, 0.25) is 0 Å². The molecule has 2 aromatic carbocycles. The normalized spacial score (nSPS) is 10.6. The minimum atomic E-state index is -0.287. The van der Waals surface area contributed by atoms with Gasteiger partial charge in [-0.3, -0.25) is 0 Å². The third kappa shape index (κ3) is 4.87. The molecule has 2 nitrogen and oxygen atoms in total. The lowest BCUT2D eigenvalue weighted by Crippen LogP contribution is -2.13. The molecule has 112 valence electrons. The summed E-state index contributed by atoms with van der Waals surface area (Å²) in [6.45, 7) is 4.03. The maximum Gasteiger partial charge on any atom is 0.165 e. The van der Waals surface area contributed by atoms with Crippen molar-refractivity contribution in [1.29, 1.82) is 0 Å². The van der Waals surface area contributed by atoms with Gasteiger partial charge < -0.3 is 10.1 Å². The van der Waals surface area contributed by atoms with Gasteiger partial charge in [-0.15, -0.1) is 0 Å². The maximum absolute atomic E-state index is 13.9. The summed E-state index contributed by atoms with van der Waals surface area (Å²) in [6, 6.07) is 15.3. The van der Waals surface area contributed by atoms with Gasteiger partial charge in [-0.2, -0.15) is 0 Å². The van der Waals surface area contributed by atoms with Crippen LogP contribution < -0.4 is 10.1 Å². The van der Waals surface area contributed by atoms with Gasteiger partial charge in [0.05, 0.1) is 6.61 Å². The Morgan fingerprint density at radius 3 is 2.62 bits per heavy atom. The molecule has 0 aromatic heterocycles. The highest BCUT2D eigenvalue weighted by molar-refractivity contribution is 5.34. The Morgan fingerprint density at radius 1 is 1.05 bits per heavy atom. The second-order valence-electron chi connectivity index (χ2n) is 4.95. The number of rotatable bonds is 8. The van der Waals surface area contributed by atoms with Crippen LogP contribution in [0, 0.1) is 5.82 Å². The Kier molecular flexibility index (Phi) is 6.22. The Hall–Kier alpha value is -1.87. The Bertz CT molecular complexity index is 542. The average molecular weight is 287 g/mol. The second kappa shape index (κ2) is 8.42. The molecular weight excluding hydrogens is 265 g/mol. The zero-order valence-corrected chi connectivity index (χ0v) is 12.4.